The number of carboxylic acid groups (broad SMARTS) is 1. The number of carbonyl (C=O) groups excluding carboxylic acids is 1. The molecule has 2 aliphatic heterocycles. The third kappa shape index (κ3) is 5.17. The van der Waals surface area contributed by atoms with Crippen molar-refractivity contribution in [3.8, 4) is 5.75 Å². The molecule has 0 aliphatic carbocycles. The van der Waals surface area contributed by atoms with E-state index in [-0.39, 0.29) is 19.4 Å². The summed E-state index contributed by atoms with van der Waals surface area (Å²) in [7, 11) is 0. The molecule has 2 N–H and O–H groups in total. The molecule has 1 aromatic carbocycles. The molecule has 1 amide bonds. The minimum Gasteiger partial charge on any atom is -0.493 e. The summed E-state index contributed by atoms with van der Waals surface area (Å²) in [5, 5.41) is 12.4. The van der Waals surface area contributed by atoms with Gasteiger partial charge in [-0.15, -0.1) is 0 Å². The van der Waals surface area contributed by atoms with Crippen molar-refractivity contribution in [1.29, 1.82) is 0 Å². The summed E-state index contributed by atoms with van der Waals surface area (Å²) in [4.78, 5) is 29.4. The maximum atomic E-state index is 13.0. The zero-order valence-electron chi connectivity index (χ0n) is 17.6. The van der Waals surface area contributed by atoms with Crippen LogP contribution in [0.3, 0.4) is 0 Å². The lowest BCUT2D eigenvalue weighted by atomic mass is 9.94. The maximum Gasteiger partial charge on any atom is 0.304 e. The Morgan fingerprint density at radius 3 is 2.94 bits per heavy atom. The van der Waals surface area contributed by atoms with Gasteiger partial charge >= 0.3 is 5.97 Å². The van der Waals surface area contributed by atoms with Crippen LogP contribution in [0.25, 0.3) is 0 Å². The average Bonchev–Trinajstić information content (AvgIpc) is 3.11. The molecule has 8 nitrogen and oxygen atoms in total. The lowest BCUT2D eigenvalue weighted by Crippen LogP contribution is -2.38. The molecule has 1 unspecified atom stereocenters. The number of imidazole rings is 1. The summed E-state index contributed by atoms with van der Waals surface area (Å²) >= 11 is 0. The lowest BCUT2D eigenvalue weighted by Gasteiger charge is -2.23. The molecule has 0 fully saturated rings. The molecule has 32 heavy (non-hydrogen) atoms. The third-order valence-electron chi connectivity index (χ3n) is 5.76. The summed E-state index contributed by atoms with van der Waals surface area (Å²) in [5.41, 5.74) is 2.40. The Kier molecular flexibility index (Phi) is 6.57. The van der Waals surface area contributed by atoms with Crippen LogP contribution in [-0.4, -0.2) is 57.6 Å². The standard InChI is InChI=1S/C22H26F2N4O4/c23-19(24)13-28-11-16-9-18(3-2-14(16)8-15(21(28)31)10-20(29)30)32-7-4-17-12-27-6-1-5-25-22(27)26-17/h2-3,9,12,15,19H,1,4-8,10-11,13H2,(H,25,26)(H,29,30). The number of hydrogen-bond acceptors (Lipinski definition) is 5. The molecule has 1 atom stereocenters. The van der Waals surface area contributed by atoms with E-state index in [9.17, 15) is 18.4 Å². The van der Waals surface area contributed by atoms with Crippen LogP contribution in [0, 0.1) is 5.92 Å². The molecular weight excluding hydrogens is 422 g/mol. The Morgan fingerprint density at radius 1 is 1.34 bits per heavy atom. The molecule has 0 saturated heterocycles. The second-order valence-corrected chi connectivity index (χ2v) is 8.17. The van der Waals surface area contributed by atoms with E-state index >= 15 is 0 Å². The van der Waals surface area contributed by atoms with Crippen LogP contribution >= 0.6 is 0 Å². The normalized spacial score (nSPS) is 18.0. The van der Waals surface area contributed by atoms with E-state index in [4.69, 9.17) is 9.84 Å². The van der Waals surface area contributed by atoms with E-state index < -0.39 is 30.8 Å². The summed E-state index contributed by atoms with van der Waals surface area (Å²) < 4.78 is 34.0. The van der Waals surface area contributed by atoms with Crippen molar-refractivity contribution in [2.24, 2.45) is 5.92 Å². The molecule has 4 rings (SSSR count). The monoisotopic (exact) mass is 448 g/mol. The Hall–Kier alpha value is -3.17. The van der Waals surface area contributed by atoms with E-state index in [1.807, 2.05) is 6.20 Å². The number of ether oxygens (including phenoxy) is 1. The van der Waals surface area contributed by atoms with Gasteiger partial charge in [-0.05, 0) is 36.1 Å². The maximum absolute atomic E-state index is 13.0. The number of fused-ring (bicyclic) bond motifs is 2. The van der Waals surface area contributed by atoms with Crippen LogP contribution in [0.5, 0.6) is 5.75 Å². The van der Waals surface area contributed by atoms with Gasteiger partial charge in [0.05, 0.1) is 31.2 Å². The number of rotatable bonds is 8. The quantitative estimate of drug-likeness (QED) is 0.644. The second-order valence-electron chi connectivity index (χ2n) is 8.17. The number of nitrogens with one attached hydrogen (secondary N) is 1. The number of carbonyl (C=O) groups is 2. The molecule has 0 saturated carbocycles. The number of alkyl halides is 2. The number of anilines is 1. The molecule has 0 radical (unpaired) electrons. The Balaban J connectivity index is 1.44. The molecule has 2 aliphatic rings. The van der Waals surface area contributed by atoms with Crippen molar-refractivity contribution in [2.75, 3.05) is 25.0 Å². The van der Waals surface area contributed by atoms with Crippen LogP contribution in [0.15, 0.2) is 24.4 Å². The number of aromatic nitrogens is 2. The van der Waals surface area contributed by atoms with E-state index in [2.05, 4.69) is 14.9 Å². The van der Waals surface area contributed by atoms with Crippen LogP contribution in [0.1, 0.15) is 29.7 Å². The first-order valence-electron chi connectivity index (χ1n) is 10.7. The zero-order valence-corrected chi connectivity index (χ0v) is 17.6. The SMILES string of the molecule is O=C(O)CC1Cc2ccc(OCCc3cn4c(n3)NCCC4)cc2CN(CC(F)F)C1=O. The van der Waals surface area contributed by atoms with Gasteiger partial charge in [0.15, 0.2) is 0 Å². The number of amides is 1. The molecule has 1 aromatic heterocycles. The number of hydrogen-bond donors (Lipinski definition) is 2. The number of halogens is 2. The molecule has 172 valence electrons. The van der Waals surface area contributed by atoms with Crippen molar-refractivity contribution in [3.63, 3.8) is 0 Å². The summed E-state index contributed by atoms with van der Waals surface area (Å²) in [6.45, 7) is 1.54. The predicted molar refractivity (Wildman–Crippen MR) is 112 cm³/mol. The van der Waals surface area contributed by atoms with Crippen LogP contribution in [0.4, 0.5) is 14.7 Å². The van der Waals surface area contributed by atoms with Gasteiger partial charge in [0, 0.05) is 32.3 Å². The molecule has 0 bridgehead atoms. The van der Waals surface area contributed by atoms with Gasteiger partial charge in [0.2, 0.25) is 11.9 Å². The molecular formula is C22H26F2N4O4. The van der Waals surface area contributed by atoms with Crippen molar-refractivity contribution in [2.45, 2.75) is 45.2 Å². The molecule has 2 aromatic rings. The van der Waals surface area contributed by atoms with Gasteiger partial charge in [0.25, 0.3) is 6.43 Å². The number of benzene rings is 1. The number of aryl methyl sites for hydroxylation is 1. The molecule has 3 heterocycles. The first-order chi connectivity index (χ1) is 15.4. The summed E-state index contributed by atoms with van der Waals surface area (Å²) in [6, 6.07) is 5.31. The Morgan fingerprint density at radius 2 is 2.19 bits per heavy atom. The number of nitrogens with zero attached hydrogens (tertiary/aromatic N) is 3. The Bertz CT molecular complexity index is 971. The van der Waals surface area contributed by atoms with Crippen molar-refractivity contribution < 1.29 is 28.2 Å². The van der Waals surface area contributed by atoms with Gasteiger partial charge in [-0.25, -0.2) is 13.8 Å². The largest absolute Gasteiger partial charge is 0.493 e. The molecule has 10 heteroatoms. The van der Waals surface area contributed by atoms with Crippen LogP contribution in [0.2, 0.25) is 0 Å². The average molecular weight is 448 g/mol. The lowest BCUT2D eigenvalue weighted by molar-refractivity contribution is -0.145. The minimum atomic E-state index is -2.69. The first kappa shape index (κ1) is 22.0. The number of aliphatic carboxylic acids is 1. The highest BCUT2D eigenvalue weighted by Crippen LogP contribution is 2.28. The summed E-state index contributed by atoms with van der Waals surface area (Å²) in [5.74, 6) is -1.09. The van der Waals surface area contributed by atoms with Gasteiger partial charge in [-0.3, -0.25) is 9.59 Å². The van der Waals surface area contributed by atoms with Crippen molar-refractivity contribution >= 4 is 17.8 Å². The van der Waals surface area contributed by atoms with E-state index in [0.717, 1.165) is 41.6 Å². The predicted octanol–water partition coefficient (Wildman–Crippen LogP) is 2.56. The second kappa shape index (κ2) is 9.54. The summed E-state index contributed by atoms with van der Waals surface area (Å²) in [6.07, 6.45) is 0.814. The van der Waals surface area contributed by atoms with Crippen LogP contribution in [-0.2, 0) is 35.5 Å². The highest BCUT2D eigenvalue weighted by Gasteiger charge is 2.32. The fraction of sp³-hybridized carbons (Fsp3) is 0.500. The van der Waals surface area contributed by atoms with Crippen molar-refractivity contribution in [3.05, 3.63) is 41.2 Å². The fourth-order valence-corrected chi connectivity index (χ4v) is 4.25. The van der Waals surface area contributed by atoms with Gasteiger partial charge in [0.1, 0.15) is 5.75 Å². The highest BCUT2D eigenvalue weighted by atomic mass is 19.3. The zero-order chi connectivity index (χ0) is 22.7. The topological polar surface area (TPSA) is 96.7 Å². The first-order valence-corrected chi connectivity index (χ1v) is 10.7. The van der Waals surface area contributed by atoms with Gasteiger partial charge in [-0.2, -0.15) is 0 Å². The van der Waals surface area contributed by atoms with E-state index in [1.54, 1.807) is 18.2 Å². The smallest absolute Gasteiger partial charge is 0.304 e. The third-order valence-corrected chi connectivity index (χ3v) is 5.76. The molecule has 0 spiro atoms. The van der Waals surface area contributed by atoms with Gasteiger partial charge in [-0.1, -0.05) is 6.07 Å². The fourth-order valence-electron chi connectivity index (χ4n) is 4.25. The number of carboxylic acids is 1. The van der Waals surface area contributed by atoms with E-state index in [1.165, 1.54) is 0 Å². The van der Waals surface area contributed by atoms with E-state index in [0.29, 0.717) is 24.3 Å². The highest BCUT2D eigenvalue weighted by molar-refractivity contribution is 5.84. The van der Waals surface area contributed by atoms with Crippen LogP contribution < -0.4 is 10.1 Å². The minimum absolute atomic E-state index is 0.00522. The van der Waals surface area contributed by atoms with Gasteiger partial charge < -0.3 is 24.6 Å². The van der Waals surface area contributed by atoms with Crippen molar-refractivity contribution in [1.82, 2.24) is 14.5 Å². The Labute approximate surface area is 184 Å².